The number of fused-ring (bicyclic) bond motifs is 3. The molecule has 0 amide bonds. The lowest BCUT2D eigenvalue weighted by atomic mass is 10.0. The van der Waals surface area contributed by atoms with Crippen LogP contribution in [-0.4, -0.2) is 16.6 Å². The molecule has 0 saturated carbocycles. The predicted octanol–water partition coefficient (Wildman–Crippen LogP) is 6.48. The maximum absolute atomic E-state index is 12.9. The standard InChI is InChI=1S/C26H15NO3S/c1-14-6-8-15(9-7-14)26-27-25-22(31-26)13-18(30-25)12-21-23(28)19-10-16-4-2-3-5-17(16)11-20(19)24(21)29/h2-13H,1H3. The molecule has 1 aliphatic rings. The second kappa shape index (κ2) is 6.59. The Balaban J connectivity index is 1.38. The zero-order valence-corrected chi connectivity index (χ0v) is 17.3. The van der Waals surface area contributed by atoms with Crippen molar-refractivity contribution >= 4 is 50.2 Å². The van der Waals surface area contributed by atoms with Gasteiger partial charge in [0.15, 0.2) is 11.6 Å². The zero-order chi connectivity index (χ0) is 21.1. The molecule has 2 aromatic heterocycles. The number of benzene rings is 3. The van der Waals surface area contributed by atoms with E-state index in [2.05, 4.69) is 4.98 Å². The van der Waals surface area contributed by atoms with Gasteiger partial charge in [0.25, 0.3) is 0 Å². The summed E-state index contributed by atoms with van der Waals surface area (Å²) in [5.74, 6) is -0.0733. The number of rotatable bonds is 2. The van der Waals surface area contributed by atoms with Crippen LogP contribution in [0.1, 0.15) is 32.0 Å². The van der Waals surface area contributed by atoms with Crippen LogP contribution < -0.4 is 0 Å². The Morgan fingerprint density at radius 1 is 0.871 bits per heavy atom. The largest absolute Gasteiger partial charge is 0.437 e. The highest BCUT2D eigenvalue weighted by Gasteiger charge is 2.33. The first-order valence-electron chi connectivity index (χ1n) is 9.88. The van der Waals surface area contributed by atoms with Crippen LogP contribution in [0.25, 0.3) is 37.8 Å². The first-order chi connectivity index (χ1) is 15.1. The average Bonchev–Trinajstić information content (AvgIpc) is 3.40. The summed E-state index contributed by atoms with van der Waals surface area (Å²) in [6.07, 6.45) is 1.54. The van der Waals surface area contributed by atoms with Crippen molar-refractivity contribution in [3.63, 3.8) is 0 Å². The first kappa shape index (κ1) is 18.0. The summed E-state index contributed by atoms with van der Waals surface area (Å²) in [7, 11) is 0. The van der Waals surface area contributed by atoms with Crippen molar-refractivity contribution < 1.29 is 14.0 Å². The molecule has 5 heteroatoms. The number of Topliss-reactive ketones (excluding diaryl/α,β-unsaturated/α-hetero) is 2. The van der Waals surface area contributed by atoms with Gasteiger partial charge in [0.1, 0.15) is 10.8 Å². The Morgan fingerprint density at radius 3 is 2.13 bits per heavy atom. The van der Waals surface area contributed by atoms with Crippen LogP contribution in [-0.2, 0) is 0 Å². The molecule has 4 nitrogen and oxygen atoms in total. The molecule has 0 atom stereocenters. The van der Waals surface area contributed by atoms with Crippen LogP contribution in [0.3, 0.4) is 0 Å². The van der Waals surface area contributed by atoms with Gasteiger partial charge in [-0.1, -0.05) is 54.1 Å². The summed E-state index contributed by atoms with van der Waals surface area (Å²) < 4.78 is 6.73. The van der Waals surface area contributed by atoms with Crippen molar-refractivity contribution in [2.75, 3.05) is 0 Å². The summed E-state index contributed by atoms with van der Waals surface area (Å²) in [5, 5.41) is 2.75. The highest BCUT2D eigenvalue weighted by molar-refractivity contribution is 7.21. The monoisotopic (exact) mass is 421 g/mol. The molecule has 1 aliphatic carbocycles. The molecule has 0 N–H and O–H groups in total. The van der Waals surface area contributed by atoms with Crippen molar-refractivity contribution in [2.24, 2.45) is 0 Å². The van der Waals surface area contributed by atoms with Gasteiger partial charge in [-0.05, 0) is 35.9 Å². The number of aryl methyl sites for hydroxylation is 1. The Morgan fingerprint density at radius 2 is 1.52 bits per heavy atom. The quantitative estimate of drug-likeness (QED) is 0.242. The van der Waals surface area contributed by atoms with Gasteiger partial charge < -0.3 is 4.42 Å². The molecule has 6 rings (SSSR count). The van der Waals surface area contributed by atoms with Gasteiger partial charge in [-0.3, -0.25) is 9.59 Å². The van der Waals surface area contributed by atoms with E-state index in [1.54, 1.807) is 12.1 Å². The second-order valence-electron chi connectivity index (χ2n) is 7.66. The van der Waals surface area contributed by atoms with Crippen LogP contribution in [0.5, 0.6) is 0 Å². The Bertz CT molecular complexity index is 1480. The molecular weight excluding hydrogens is 406 g/mol. The molecule has 0 bridgehead atoms. The van der Waals surface area contributed by atoms with E-state index in [1.165, 1.54) is 23.0 Å². The van der Waals surface area contributed by atoms with Gasteiger partial charge in [-0.2, -0.15) is 0 Å². The fourth-order valence-corrected chi connectivity index (χ4v) is 4.87. The summed E-state index contributed by atoms with van der Waals surface area (Å²) in [6, 6.07) is 21.3. The van der Waals surface area contributed by atoms with Crippen molar-refractivity contribution in [1.29, 1.82) is 0 Å². The van der Waals surface area contributed by atoms with E-state index in [0.717, 1.165) is 26.0 Å². The maximum Gasteiger partial charge on any atom is 0.238 e. The minimum absolute atomic E-state index is 0.130. The van der Waals surface area contributed by atoms with Crippen LogP contribution >= 0.6 is 11.3 Å². The molecule has 2 heterocycles. The summed E-state index contributed by atoms with van der Waals surface area (Å²) in [4.78, 5) is 30.4. The van der Waals surface area contributed by atoms with E-state index in [9.17, 15) is 9.59 Å². The highest BCUT2D eigenvalue weighted by Crippen LogP contribution is 2.35. The summed E-state index contributed by atoms with van der Waals surface area (Å²) >= 11 is 1.52. The molecule has 0 radical (unpaired) electrons. The molecule has 31 heavy (non-hydrogen) atoms. The van der Waals surface area contributed by atoms with E-state index in [-0.39, 0.29) is 17.1 Å². The van der Waals surface area contributed by atoms with E-state index < -0.39 is 0 Å². The number of aromatic nitrogens is 1. The molecular formula is C26H15NO3S. The van der Waals surface area contributed by atoms with Crippen molar-refractivity contribution in [3.8, 4) is 10.6 Å². The molecule has 0 aliphatic heterocycles. The predicted molar refractivity (Wildman–Crippen MR) is 123 cm³/mol. The Kier molecular flexibility index (Phi) is 3.82. The lowest BCUT2D eigenvalue weighted by Gasteiger charge is -2.00. The van der Waals surface area contributed by atoms with Crippen LogP contribution in [0.15, 0.2) is 76.7 Å². The third kappa shape index (κ3) is 2.86. The lowest BCUT2D eigenvalue weighted by molar-refractivity contribution is 0.0990. The third-order valence-corrected chi connectivity index (χ3v) is 6.59. The van der Waals surface area contributed by atoms with Crippen molar-refractivity contribution in [3.05, 3.63) is 94.8 Å². The lowest BCUT2D eigenvalue weighted by Crippen LogP contribution is -1.99. The number of hydrogen-bond donors (Lipinski definition) is 0. The highest BCUT2D eigenvalue weighted by atomic mass is 32.1. The van der Waals surface area contributed by atoms with E-state index in [1.807, 2.05) is 61.5 Å². The average molecular weight is 421 g/mol. The smallest absolute Gasteiger partial charge is 0.238 e. The van der Waals surface area contributed by atoms with Gasteiger partial charge >= 0.3 is 0 Å². The minimum atomic E-state index is -0.265. The van der Waals surface area contributed by atoms with Gasteiger partial charge in [0.05, 0.1) is 10.3 Å². The zero-order valence-electron chi connectivity index (χ0n) is 16.5. The number of furan rings is 1. The summed E-state index contributed by atoms with van der Waals surface area (Å²) in [5.41, 5.74) is 3.76. The van der Waals surface area contributed by atoms with E-state index in [0.29, 0.717) is 22.6 Å². The fraction of sp³-hybridized carbons (Fsp3) is 0.0385. The Hall–Kier alpha value is -3.83. The number of ketones is 2. The topological polar surface area (TPSA) is 60.2 Å². The summed E-state index contributed by atoms with van der Waals surface area (Å²) in [6.45, 7) is 2.05. The molecule has 5 aromatic rings. The van der Waals surface area contributed by atoms with Crippen LogP contribution in [0, 0.1) is 6.92 Å². The number of carbonyl (C=O) groups is 2. The molecule has 0 unspecified atom stereocenters. The fourth-order valence-electron chi connectivity index (χ4n) is 3.93. The Labute approximate surface area is 181 Å². The third-order valence-electron chi connectivity index (χ3n) is 5.56. The SMILES string of the molecule is Cc1ccc(-c2nc3oc(C=C4C(=O)c5cc6ccccc6cc5C4=O)cc3s2)cc1. The van der Waals surface area contributed by atoms with Crippen molar-refractivity contribution in [1.82, 2.24) is 4.98 Å². The van der Waals surface area contributed by atoms with Gasteiger partial charge in [0.2, 0.25) is 5.71 Å². The van der Waals surface area contributed by atoms with Gasteiger partial charge in [0, 0.05) is 22.8 Å². The number of allylic oxidation sites excluding steroid dienone is 1. The first-order valence-corrected chi connectivity index (χ1v) is 10.7. The molecule has 0 spiro atoms. The molecule has 0 saturated heterocycles. The number of nitrogens with zero attached hydrogens (tertiary/aromatic N) is 1. The molecule has 0 fully saturated rings. The molecule has 148 valence electrons. The minimum Gasteiger partial charge on any atom is -0.437 e. The maximum atomic E-state index is 12.9. The number of carbonyl (C=O) groups excluding carboxylic acids is 2. The second-order valence-corrected chi connectivity index (χ2v) is 8.70. The van der Waals surface area contributed by atoms with Crippen LogP contribution in [0.2, 0.25) is 0 Å². The van der Waals surface area contributed by atoms with Crippen LogP contribution in [0.4, 0.5) is 0 Å². The van der Waals surface area contributed by atoms with E-state index >= 15 is 0 Å². The normalized spacial score (nSPS) is 13.4. The van der Waals surface area contributed by atoms with Gasteiger partial charge in [-0.15, -0.1) is 11.3 Å². The van der Waals surface area contributed by atoms with Crippen molar-refractivity contribution in [2.45, 2.75) is 6.92 Å². The number of hydrogen-bond acceptors (Lipinski definition) is 5. The molecule has 3 aromatic carbocycles. The van der Waals surface area contributed by atoms with E-state index in [4.69, 9.17) is 4.42 Å². The number of thiazole rings is 1. The van der Waals surface area contributed by atoms with Gasteiger partial charge in [-0.25, -0.2) is 4.98 Å².